The Labute approximate surface area is 122 Å². The Morgan fingerprint density at radius 2 is 2.05 bits per heavy atom. The number of aryl methyl sites for hydroxylation is 2. The number of amides is 1. The van der Waals surface area contributed by atoms with Gasteiger partial charge >= 0.3 is 0 Å². The molecule has 0 aliphatic carbocycles. The van der Waals surface area contributed by atoms with E-state index in [1.807, 2.05) is 0 Å². The third kappa shape index (κ3) is 4.64. The molecule has 0 saturated carbocycles. The fourth-order valence-corrected chi connectivity index (χ4v) is 2.83. The first-order valence-electron chi connectivity index (χ1n) is 7.68. The van der Waals surface area contributed by atoms with Crippen LogP contribution < -0.4 is 10.6 Å². The zero-order valence-electron chi connectivity index (χ0n) is 12.7. The summed E-state index contributed by atoms with van der Waals surface area (Å²) >= 11 is 0. The summed E-state index contributed by atoms with van der Waals surface area (Å²) in [4.78, 5) is 11.9. The number of hydrogen-bond acceptors (Lipinski definition) is 2. The predicted octanol–water partition coefficient (Wildman–Crippen LogP) is 2.70. The largest absolute Gasteiger partial charge is 0.352 e. The van der Waals surface area contributed by atoms with E-state index < -0.39 is 0 Å². The van der Waals surface area contributed by atoms with Crippen LogP contribution in [0.4, 0.5) is 0 Å². The van der Waals surface area contributed by atoms with E-state index in [1.54, 1.807) is 0 Å². The summed E-state index contributed by atoms with van der Waals surface area (Å²) in [5.41, 5.74) is 3.73. The van der Waals surface area contributed by atoms with Gasteiger partial charge in [-0.15, -0.1) is 0 Å². The summed E-state index contributed by atoms with van der Waals surface area (Å²) < 4.78 is 0. The Kier molecular flexibility index (Phi) is 5.60. The van der Waals surface area contributed by atoms with Gasteiger partial charge in [0.2, 0.25) is 5.91 Å². The predicted molar refractivity (Wildman–Crippen MR) is 82.6 cm³/mol. The molecule has 0 aromatic heterocycles. The highest BCUT2D eigenvalue weighted by atomic mass is 16.1. The molecule has 0 atom stereocenters. The summed E-state index contributed by atoms with van der Waals surface area (Å²) in [7, 11) is 0. The maximum Gasteiger partial charge on any atom is 0.220 e. The van der Waals surface area contributed by atoms with Crippen LogP contribution in [0.3, 0.4) is 0 Å². The van der Waals surface area contributed by atoms with Crippen LogP contribution in [0.1, 0.15) is 42.4 Å². The molecule has 2 rings (SSSR count). The second kappa shape index (κ2) is 7.44. The first-order chi connectivity index (χ1) is 9.65. The first kappa shape index (κ1) is 15.0. The fourth-order valence-electron chi connectivity index (χ4n) is 2.83. The number of rotatable bonds is 5. The second-order valence-electron chi connectivity index (χ2n) is 5.94. The molecule has 1 aliphatic heterocycles. The molecule has 1 heterocycles. The van der Waals surface area contributed by atoms with Gasteiger partial charge < -0.3 is 10.6 Å². The highest BCUT2D eigenvalue weighted by Crippen LogP contribution is 2.17. The van der Waals surface area contributed by atoms with E-state index in [2.05, 4.69) is 42.7 Å². The lowest BCUT2D eigenvalue weighted by atomic mass is 9.93. The highest BCUT2D eigenvalue weighted by Gasteiger charge is 2.14. The maximum absolute atomic E-state index is 11.9. The van der Waals surface area contributed by atoms with Gasteiger partial charge in [0, 0.05) is 13.0 Å². The lowest BCUT2D eigenvalue weighted by molar-refractivity contribution is -0.121. The monoisotopic (exact) mass is 274 g/mol. The van der Waals surface area contributed by atoms with Crippen LogP contribution in [0, 0.1) is 19.8 Å². The average Bonchev–Trinajstić information content (AvgIpc) is 2.45. The van der Waals surface area contributed by atoms with Crippen molar-refractivity contribution in [1.82, 2.24) is 10.6 Å². The Morgan fingerprint density at radius 3 is 2.75 bits per heavy atom. The standard InChI is InChI=1S/C17H26N2O/c1-13-3-5-16(14(2)11-13)12-19-17(20)6-4-15-7-9-18-10-8-15/h3,5,11,15,18H,4,6-10,12H2,1-2H3,(H,19,20). The Bertz CT molecular complexity index is 450. The minimum absolute atomic E-state index is 0.184. The average molecular weight is 274 g/mol. The molecule has 0 radical (unpaired) electrons. The van der Waals surface area contributed by atoms with Gasteiger partial charge in [0.25, 0.3) is 0 Å². The third-order valence-electron chi connectivity index (χ3n) is 4.21. The number of carbonyl (C=O) groups is 1. The van der Waals surface area contributed by atoms with Crippen LogP contribution >= 0.6 is 0 Å². The van der Waals surface area contributed by atoms with Gasteiger partial charge in [0.1, 0.15) is 0 Å². The minimum Gasteiger partial charge on any atom is -0.352 e. The van der Waals surface area contributed by atoms with Gasteiger partial charge in [-0.3, -0.25) is 4.79 Å². The Balaban J connectivity index is 1.71. The van der Waals surface area contributed by atoms with Gasteiger partial charge in [0.05, 0.1) is 0 Å². The van der Waals surface area contributed by atoms with E-state index in [4.69, 9.17) is 0 Å². The van der Waals surface area contributed by atoms with Crippen molar-refractivity contribution >= 4 is 5.91 Å². The van der Waals surface area contributed by atoms with E-state index in [0.717, 1.165) is 25.4 Å². The number of nitrogens with one attached hydrogen (secondary N) is 2. The smallest absolute Gasteiger partial charge is 0.220 e. The molecule has 110 valence electrons. The van der Waals surface area contributed by atoms with Gasteiger partial charge in [-0.25, -0.2) is 0 Å². The maximum atomic E-state index is 11.9. The number of piperidine rings is 1. The number of hydrogen-bond donors (Lipinski definition) is 2. The van der Waals surface area contributed by atoms with Crippen LogP contribution in [0.25, 0.3) is 0 Å². The zero-order valence-corrected chi connectivity index (χ0v) is 12.7. The first-order valence-corrected chi connectivity index (χ1v) is 7.68. The Hall–Kier alpha value is -1.35. The second-order valence-corrected chi connectivity index (χ2v) is 5.94. The SMILES string of the molecule is Cc1ccc(CNC(=O)CCC2CCNCC2)c(C)c1. The van der Waals surface area contributed by atoms with Crippen LogP contribution in [0.5, 0.6) is 0 Å². The summed E-state index contributed by atoms with van der Waals surface area (Å²) in [6.45, 7) is 7.05. The summed E-state index contributed by atoms with van der Waals surface area (Å²) in [5, 5.41) is 6.40. The van der Waals surface area contributed by atoms with Crippen molar-refractivity contribution in [3.8, 4) is 0 Å². The molecule has 1 amide bonds. The molecule has 0 unspecified atom stereocenters. The molecule has 1 saturated heterocycles. The van der Waals surface area contributed by atoms with E-state index >= 15 is 0 Å². The van der Waals surface area contributed by atoms with Crippen LogP contribution in [-0.2, 0) is 11.3 Å². The summed E-state index contributed by atoms with van der Waals surface area (Å²) in [6.07, 6.45) is 4.12. The molecule has 1 aromatic carbocycles. The molecule has 0 spiro atoms. The van der Waals surface area contributed by atoms with Crippen molar-refractivity contribution in [2.45, 2.75) is 46.1 Å². The molecular formula is C17H26N2O. The molecule has 1 fully saturated rings. The van der Waals surface area contributed by atoms with Crippen LogP contribution in [0.2, 0.25) is 0 Å². The highest BCUT2D eigenvalue weighted by molar-refractivity contribution is 5.75. The van der Waals surface area contributed by atoms with Gasteiger partial charge in [-0.1, -0.05) is 23.8 Å². The summed E-state index contributed by atoms with van der Waals surface area (Å²) in [5.74, 6) is 0.909. The minimum atomic E-state index is 0.184. The molecular weight excluding hydrogens is 248 g/mol. The van der Waals surface area contributed by atoms with E-state index in [0.29, 0.717) is 13.0 Å². The lowest BCUT2D eigenvalue weighted by Crippen LogP contribution is -2.29. The van der Waals surface area contributed by atoms with Crippen molar-refractivity contribution in [3.63, 3.8) is 0 Å². The third-order valence-corrected chi connectivity index (χ3v) is 4.21. The fraction of sp³-hybridized carbons (Fsp3) is 0.588. The molecule has 0 bridgehead atoms. The van der Waals surface area contributed by atoms with Gasteiger partial charge in [0.15, 0.2) is 0 Å². The number of benzene rings is 1. The topological polar surface area (TPSA) is 41.1 Å². The normalized spacial score (nSPS) is 16.1. The lowest BCUT2D eigenvalue weighted by Gasteiger charge is -2.22. The Morgan fingerprint density at radius 1 is 1.30 bits per heavy atom. The van der Waals surface area contributed by atoms with Gasteiger partial charge in [-0.05, 0) is 63.2 Å². The van der Waals surface area contributed by atoms with E-state index in [1.165, 1.54) is 29.5 Å². The summed E-state index contributed by atoms with van der Waals surface area (Å²) in [6, 6.07) is 6.37. The van der Waals surface area contributed by atoms with Crippen LogP contribution in [0.15, 0.2) is 18.2 Å². The molecule has 1 aromatic rings. The van der Waals surface area contributed by atoms with E-state index in [9.17, 15) is 4.79 Å². The van der Waals surface area contributed by atoms with Gasteiger partial charge in [-0.2, -0.15) is 0 Å². The quantitative estimate of drug-likeness (QED) is 0.867. The zero-order chi connectivity index (χ0) is 14.4. The van der Waals surface area contributed by atoms with Crippen molar-refractivity contribution in [2.75, 3.05) is 13.1 Å². The molecule has 3 nitrogen and oxygen atoms in total. The molecule has 20 heavy (non-hydrogen) atoms. The molecule has 3 heteroatoms. The van der Waals surface area contributed by atoms with Crippen molar-refractivity contribution in [2.24, 2.45) is 5.92 Å². The number of carbonyl (C=O) groups excluding carboxylic acids is 1. The molecule has 1 aliphatic rings. The van der Waals surface area contributed by atoms with E-state index in [-0.39, 0.29) is 5.91 Å². The van der Waals surface area contributed by atoms with Crippen molar-refractivity contribution < 1.29 is 4.79 Å². The molecule has 2 N–H and O–H groups in total. The van der Waals surface area contributed by atoms with Crippen LogP contribution in [-0.4, -0.2) is 19.0 Å². The van der Waals surface area contributed by atoms with Crippen molar-refractivity contribution in [3.05, 3.63) is 34.9 Å². The van der Waals surface area contributed by atoms with Crippen molar-refractivity contribution in [1.29, 1.82) is 0 Å².